The van der Waals surface area contributed by atoms with Crippen molar-refractivity contribution >= 4 is 17.9 Å². The van der Waals surface area contributed by atoms with E-state index in [-0.39, 0.29) is 24.0 Å². The van der Waals surface area contributed by atoms with Gasteiger partial charge >= 0.3 is 0 Å². The number of carbonyl (C=O) groups excluding carboxylic acids is 1. The largest absolute Gasteiger partial charge is 0.302 e. The average molecular weight is 274 g/mol. The molecule has 2 rings (SSSR count). The molecule has 0 radical (unpaired) electrons. The third kappa shape index (κ3) is 2.40. The molecule has 1 fully saturated rings. The van der Waals surface area contributed by atoms with Crippen LogP contribution >= 0.6 is 11.6 Å². The Hall–Kier alpha value is -1.00. The van der Waals surface area contributed by atoms with Crippen molar-refractivity contribution in [3.63, 3.8) is 0 Å². The zero-order valence-corrected chi connectivity index (χ0v) is 10.6. The zero-order chi connectivity index (χ0) is 13.1. The summed E-state index contributed by atoms with van der Waals surface area (Å²) in [6.45, 7) is 0.991. The molecule has 0 aromatic heterocycles. The number of carbonyl (C=O) groups is 1. The molecule has 0 N–H and O–H groups in total. The summed E-state index contributed by atoms with van der Waals surface area (Å²) < 4.78 is 27.6. The van der Waals surface area contributed by atoms with E-state index in [2.05, 4.69) is 0 Å². The summed E-state index contributed by atoms with van der Waals surface area (Å²) in [7, 11) is 0. The molecule has 1 heterocycles. The minimum absolute atomic E-state index is 0.0498. The Kier molecular flexibility index (Phi) is 4.30. The molecule has 2 nitrogen and oxygen atoms in total. The summed E-state index contributed by atoms with van der Waals surface area (Å²) in [6, 6.07) is 2.87. The Morgan fingerprint density at radius 2 is 2.17 bits per heavy atom. The zero-order valence-electron chi connectivity index (χ0n) is 9.83. The van der Waals surface area contributed by atoms with Crippen molar-refractivity contribution < 1.29 is 13.6 Å². The minimum Gasteiger partial charge on any atom is -0.302 e. The van der Waals surface area contributed by atoms with Gasteiger partial charge in [-0.2, -0.15) is 0 Å². The maximum absolute atomic E-state index is 14.0. The first kappa shape index (κ1) is 13.4. The van der Waals surface area contributed by atoms with Crippen LogP contribution in [0.4, 0.5) is 8.78 Å². The van der Waals surface area contributed by atoms with E-state index in [1.54, 1.807) is 6.07 Å². The number of hydrogen-bond acceptors (Lipinski definition) is 2. The Balaban J connectivity index is 2.33. The van der Waals surface area contributed by atoms with Gasteiger partial charge < -0.3 is 4.79 Å². The van der Waals surface area contributed by atoms with Crippen molar-refractivity contribution in [1.29, 1.82) is 0 Å². The molecule has 0 saturated carbocycles. The predicted molar refractivity (Wildman–Crippen MR) is 65.5 cm³/mol. The average Bonchev–Trinajstić information content (AvgIpc) is 2.81. The van der Waals surface area contributed by atoms with Crippen LogP contribution in [0, 0.1) is 11.6 Å². The molecule has 1 aliphatic heterocycles. The highest BCUT2D eigenvalue weighted by molar-refractivity contribution is 6.17. The second-order valence-corrected chi connectivity index (χ2v) is 4.66. The smallest absolute Gasteiger partial charge is 0.163 e. The molecule has 0 bridgehead atoms. The van der Waals surface area contributed by atoms with Crippen LogP contribution in [-0.4, -0.2) is 24.3 Å². The number of halogens is 3. The quantitative estimate of drug-likeness (QED) is 0.621. The van der Waals surface area contributed by atoms with Gasteiger partial charge in [-0.25, -0.2) is 8.78 Å². The van der Waals surface area contributed by atoms with Gasteiger partial charge in [-0.3, -0.25) is 4.90 Å². The summed E-state index contributed by atoms with van der Waals surface area (Å²) in [5, 5.41) is 0. The number of alkyl halides is 1. The Morgan fingerprint density at radius 1 is 1.39 bits per heavy atom. The summed E-state index contributed by atoms with van der Waals surface area (Å²) >= 11 is 5.53. The first-order valence-corrected chi connectivity index (χ1v) is 6.43. The molecule has 0 amide bonds. The molecular weight excluding hydrogens is 260 g/mol. The number of nitrogens with zero attached hydrogens (tertiary/aromatic N) is 1. The SMILES string of the molecule is O=CCN1CCCC1c1ccc(CCl)c(F)c1F. The lowest BCUT2D eigenvalue weighted by Gasteiger charge is -2.23. The van der Waals surface area contributed by atoms with Crippen molar-refractivity contribution in [2.75, 3.05) is 13.1 Å². The van der Waals surface area contributed by atoms with E-state index in [1.165, 1.54) is 6.07 Å². The number of benzene rings is 1. The number of aldehydes is 1. The predicted octanol–water partition coefficient (Wildman–Crippen LogP) is 3.04. The molecule has 5 heteroatoms. The van der Waals surface area contributed by atoms with Gasteiger partial charge in [0.2, 0.25) is 0 Å². The second kappa shape index (κ2) is 5.76. The van der Waals surface area contributed by atoms with Gasteiger partial charge in [-0.05, 0) is 19.4 Å². The molecule has 1 aromatic rings. The molecular formula is C13H14ClF2NO. The summed E-state index contributed by atoms with van der Waals surface area (Å²) in [6.07, 6.45) is 2.42. The summed E-state index contributed by atoms with van der Waals surface area (Å²) in [5.74, 6) is -1.76. The standard InChI is InChI=1S/C13H14ClF2NO/c14-8-9-3-4-10(13(16)12(9)15)11-2-1-5-17(11)6-7-18/h3-4,7,11H,1-2,5-6,8H2. The normalized spacial score (nSPS) is 20.3. The third-order valence-corrected chi connectivity index (χ3v) is 3.66. The highest BCUT2D eigenvalue weighted by Gasteiger charge is 2.29. The highest BCUT2D eigenvalue weighted by atomic mass is 35.5. The Morgan fingerprint density at radius 3 is 2.83 bits per heavy atom. The maximum atomic E-state index is 14.0. The van der Waals surface area contributed by atoms with E-state index in [9.17, 15) is 13.6 Å². The van der Waals surface area contributed by atoms with Gasteiger partial charge in [0.15, 0.2) is 11.6 Å². The fourth-order valence-electron chi connectivity index (χ4n) is 2.46. The molecule has 1 saturated heterocycles. The van der Waals surface area contributed by atoms with E-state index < -0.39 is 11.6 Å². The van der Waals surface area contributed by atoms with Gasteiger partial charge in [0, 0.05) is 17.2 Å². The molecule has 1 unspecified atom stereocenters. The van der Waals surface area contributed by atoms with E-state index in [0.717, 1.165) is 25.7 Å². The number of hydrogen-bond donors (Lipinski definition) is 0. The van der Waals surface area contributed by atoms with Crippen LogP contribution in [-0.2, 0) is 10.7 Å². The van der Waals surface area contributed by atoms with Crippen LogP contribution in [0.1, 0.15) is 30.0 Å². The summed E-state index contributed by atoms with van der Waals surface area (Å²) in [4.78, 5) is 12.4. The van der Waals surface area contributed by atoms with Crippen molar-refractivity contribution in [2.45, 2.75) is 24.8 Å². The topological polar surface area (TPSA) is 20.3 Å². The second-order valence-electron chi connectivity index (χ2n) is 4.40. The van der Waals surface area contributed by atoms with Gasteiger partial charge in [-0.15, -0.1) is 11.6 Å². The molecule has 0 spiro atoms. The van der Waals surface area contributed by atoms with Crippen molar-refractivity contribution in [2.24, 2.45) is 0 Å². The fourth-order valence-corrected chi connectivity index (χ4v) is 2.66. The van der Waals surface area contributed by atoms with Crippen molar-refractivity contribution in [3.8, 4) is 0 Å². The van der Waals surface area contributed by atoms with Crippen LogP contribution in [0.25, 0.3) is 0 Å². The third-order valence-electron chi connectivity index (χ3n) is 3.37. The summed E-state index contributed by atoms with van der Waals surface area (Å²) in [5.41, 5.74) is 0.485. The molecule has 18 heavy (non-hydrogen) atoms. The number of likely N-dealkylation sites (tertiary alicyclic amines) is 1. The van der Waals surface area contributed by atoms with E-state index in [1.807, 2.05) is 4.90 Å². The number of rotatable bonds is 4. The highest BCUT2D eigenvalue weighted by Crippen LogP contribution is 2.34. The van der Waals surface area contributed by atoms with E-state index in [0.29, 0.717) is 5.56 Å². The van der Waals surface area contributed by atoms with Crippen LogP contribution in [0.3, 0.4) is 0 Å². The first-order chi connectivity index (χ1) is 8.69. The van der Waals surface area contributed by atoms with E-state index >= 15 is 0 Å². The van der Waals surface area contributed by atoms with Crippen LogP contribution < -0.4 is 0 Å². The van der Waals surface area contributed by atoms with Crippen LogP contribution in [0.5, 0.6) is 0 Å². The lowest BCUT2D eigenvalue weighted by Crippen LogP contribution is -2.26. The maximum Gasteiger partial charge on any atom is 0.163 e. The molecule has 0 aliphatic carbocycles. The minimum atomic E-state index is -0.875. The molecule has 1 atom stereocenters. The van der Waals surface area contributed by atoms with Gasteiger partial charge in [0.25, 0.3) is 0 Å². The Labute approximate surface area is 110 Å². The molecule has 1 aliphatic rings. The molecule has 1 aromatic carbocycles. The fraction of sp³-hybridized carbons (Fsp3) is 0.462. The van der Waals surface area contributed by atoms with Crippen molar-refractivity contribution in [3.05, 3.63) is 34.9 Å². The van der Waals surface area contributed by atoms with Crippen LogP contribution in [0.15, 0.2) is 12.1 Å². The monoisotopic (exact) mass is 273 g/mol. The lowest BCUT2D eigenvalue weighted by molar-refractivity contribution is -0.109. The lowest BCUT2D eigenvalue weighted by atomic mass is 10.0. The van der Waals surface area contributed by atoms with Gasteiger partial charge in [0.05, 0.1) is 12.4 Å². The first-order valence-electron chi connectivity index (χ1n) is 5.89. The Bertz CT molecular complexity index is 453. The van der Waals surface area contributed by atoms with Crippen molar-refractivity contribution in [1.82, 2.24) is 4.90 Å². The van der Waals surface area contributed by atoms with Gasteiger partial charge in [0.1, 0.15) is 6.29 Å². The van der Waals surface area contributed by atoms with Gasteiger partial charge in [-0.1, -0.05) is 12.1 Å². The van der Waals surface area contributed by atoms with Crippen LogP contribution in [0.2, 0.25) is 0 Å². The van der Waals surface area contributed by atoms with E-state index in [4.69, 9.17) is 11.6 Å². The molecule has 98 valence electrons.